The molecule has 0 aromatic heterocycles. The minimum atomic E-state index is -0.0872. The molecule has 1 rings (SSSR count). The normalized spacial score (nSPS) is 21.0. The summed E-state index contributed by atoms with van der Waals surface area (Å²) >= 11 is 0. The lowest BCUT2D eigenvalue weighted by atomic mass is 9.91. The van der Waals surface area contributed by atoms with E-state index < -0.39 is 0 Å². The molecule has 0 saturated heterocycles. The van der Waals surface area contributed by atoms with Crippen LogP contribution in [0.25, 0.3) is 0 Å². The standard InChI is InChI=1S/C12H25OP/c1-3-4-10-14(13-2)11-12-8-6-5-7-9-12/h12H,3-11H2,1-2H3. The van der Waals surface area contributed by atoms with Crippen LogP contribution in [0.2, 0.25) is 0 Å². The van der Waals surface area contributed by atoms with E-state index in [1.165, 1.54) is 57.3 Å². The predicted octanol–water partition coefficient (Wildman–Crippen LogP) is 4.41. The van der Waals surface area contributed by atoms with Crippen molar-refractivity contribution in [3.8, 4) is 0 Å². The molecule has 0 aromatic carbocycles. The van der Waals surface area contributed by atoms with Gasteiger partial charge in [0.15, 0.2) is 0 Å². The molecule has 1 atom stereocenters. The first-order valence-corrected chi connectivity index (χ1v) is 7.79. The highest BCUT2D eigenvalue weighted by atomic mass is 31.1. The van der Waals surface area contributed by atoms with Crippen molar-refractivity contribution in [2.24, 2.45) is 5.92 Å². The third kappa shape index (κ3) is 4.75. The summed E-state index contributed by atoms with van der Waals surface area (Å²) in [6.07, 6.45) is 12.7. The first kappa shape index (κ1) is 12.5. The lowest BCUT2D eigenvalue weighted by Crippen LogP contribution is -2.11. The van der Waals surface area contributed by atoms with E-state index in [9.17, 15) is 0 Å². The smallest absolute Gasteiger partial charge is 0.0398 e. The Morgan fingerprint density at radius 3 is 2.50 bits per heavy atom. The van der Waals surface area contributed by atoms with Crippen molar-refractivity contribution < 1.29 is 4.52 Å². The van der Waals surface area contributed by atoms with Crippen LogP contribution in [-0.4, -0.2) is 19.4 Å². The highest BCUT2D eigenvalue weighted by Gasteiger charge is 2.18. The molecule has 1 aliphatic carbocycles. The molecule has 0 radical (unpaired) electrons. The average molecular weight is 216 g/mol. The van der Waals surface area contributed by atoms with Crippen LogP contribution >= 0.6 is 8.15 Å². The van der Waals surface area contributed by atoms with Crippen molar-refractivity contribution in [2.75, 3.05) is 19.4 Å². The Balaban J connectivity index is 2.16. The minimum Gasteiger partial charge on any atom is -0.362 e. The largest absolute Gasteiger partial charge is 0.362 e. The Bertz CT molecular complexity index is 132. The first-order chi connectivity index (χ1) is 6.86. The van der Waals surface area contributed by atoms with E-state index in [-0.39, 0.29) is 8.15 Å². The minimum absolute atomic E-state index is 0.0872. The molecule has 1 nitrogen and oxygen atoms in total. The van der Waals surface area contributed by atoms with Gasteiger partial charge in [-0.15, -0.1) is 0 Å². The molecule has 0 heterocycles. The summed E-state index contributed by atoms with van der Waals surface area (Å²) in [7, 11) is 1.82. The van der Waals surface area contributed by atoms with Gasteiger partial charge in [0.2, 0.25) is 0 Å². The monoisotopic (exact) mass is 216 g/mol. The van der Waals surface area contributed by atoms with Crippen LogP contribution in [0.5, 0.6) is 0 Å². The Labute approximate surface area is 90.4 Å². The van der Waals surface area contributed by atoms with E-state index in [0.29, 0.717) is 0 Å². The van der Waals surface area contributed by atoms with E-state index in [2.05, 4.69) is 6.92 Å². The SMILES string of the molecule is CCCCP(CC1CCCCC1)OC. The summed E-state index contributed by atoms with van der Waals surface area (Å²) in [6.45, 7) is 2.27. The molecule has 1 saturated carbocycles. The summed E-state index contributed by atoms with van der Waals surface area (Å²) in [5.74, 6) is 0.992. The molecule has 1 fully saturated rings. The summed E-state index contributed by atoms with van der Waals surface area (Å²) < 4.78 is 5.62. The van der Waals surface area contributed by atoms with Gasteiger partial charge < -0.3 is 4.52 Å². The topological polar surface area (TPSA) is 9.23 Å². The van der Waals surface area contributed by atoms with Gasteiger partial charge in [-0.2, -0.15) is 0 Å². The maximum Gasteiger partial charge on any atom is 0.0398 e. The first-order valence-electron chi connectivity index (χ1n) is 6.16. The number of unbranched alkanes of at least 4 members (excludes halogenated alkanes) is 1. The second kappa shape index (κ2) is 7.65. The molecular formula is C12H25OP. The third-order valence-corrected chi connectivity index (χ3v) is 5.46. The van der Waals surface area contributed by atoms with Crippen LogP contribution in [0.4, 0.5) is 0 Å². The van der Waals surface area contributed by atoms with Crippen molar-refractivity contribution >= 4 is 8.15 Å². The zero-order chi connectivity index (χ0) is 10.2. The van der Waals surface area contributed by atoms with Crippen molar-refractivity contribution in [2.45, 2.75) is 51.9 Å². The van der Waals surface area contributed by atoms with E-state index >= 15 is 0 Å². The zero-order valence-electron chi connectivity index (χ0n) is 9.80. The van der Waals surface area contributed by atoms with Crippen molar-refractivity contribution in [1.29, 1.82) is 0 Å². The second-order valence-corrected chi connectivity index (χ2v) is 6.57. The lowest BCUT2D eigenvalue weighted by molar-refractivity contribution is 0.376. The Morgan fingerprint density at radius 1 is 1.21 bits per heavy atom. The van der Waals surface area contributed by atoms with Crippen molar-refractivity contribution in [1.82, 2.24) is 0 Å². The van der Waals surface area contributed by atoms with Crippen molar-refractivity contribution in [3.05, 3.63) is 0 Å². The molecule has 0 spiro atoms. The Kier molecular flexibility index (Phi) is 6.81. The van der Waals surface area contributed by atoms with Crippen LogP contribution in [-0.2, 0) is 4.52 Å². The van der Waals surface area contributed by atoms with Crippen LogP contribution < -0.4 is 0 Å². The molecule has 0 aliphatic heterocycles. The van der Waals surface area contributed by atoms with Gasteiger partial charge in [-0.3, -0.25) is 0 Å². The number of rotatable bonds is 6. The van der Waals surface area contributed by atoms with Crippen molar-refractivity contribution in [3.63, 3.8) is 0 Å². The third-order valence-electron chi connectivity index (χ3n) is 3.21. The van der Waals surface area contributed by atoms with Gasteiger partial charge in [0.05, 0.1) is 0 Å². The average Bonchev–Trinajstić information content (AvgIpc) is 2.25. The van der Waals surface area contributed by atoms with Gasteiger partial charge in [0.25, 0.3) is 0 Å². The molecule has 14 heavy (non-hydrogen) atoms. The molecule has 0 bridgehead atoms. The van der Waals surface area contributed by atoms with Gasteiger partial charge in [0.1, 0.15) is 0 Å². The molecule has 0 aromatic rings. The van der Waals surface area contributed by atoms with Crippen LogP contribution in [0.15, 0.2) is 0 Å². The van der Waals surface area contributed by atoms with Gasteiger partial charge >= 0.3 is 0 Å². The predicted molar refractivity (Wildman–Crippen MR) is 65.1 cm³/mol. The van der Waals surface area contributed by atoms with E-state index in [1.54, 1.807) is 0 Å². The van der Waals surface area contributed by atoms with Crippen LogP contribution in [0.1, 0.15) is 51.9 Å². The van der Waals surface area contributed by atoms with Crippen LogP contribution in [0.3, 0.4) is 0 Å². The van der Waals surface area contributed by atoms with Gasteiger partial charge in [-0.25, -0.2) is 0 Å². The fourth-order valence-electron chi connectivity index (χ4n) is 2.25. The fourth-order valence-corrected chi connectivity index (χ4v) is 4.37. The molecule has 84 valence electrons. The highest BCUT2D eigenvalue weighted by molar-refractivity contribution is 7.52. The molecule has 2 heteroatoms. The summed E-state index contributed by atoms with van der Waals surface area (Å²) in [5, 5.41) is 0. The zero-order valence-corrected chi connectivity index (χ0v) is 10.7. The second-order valence-electron chi connectivity index (χ2n) is 4.43. The quantitative estimate of drug-likeness (QED) is 0.597. The molecule has 1 aliphatic rings. The van der Waals surface area contributed by atoms with E-state index in [1.807, 2.05) is 7.11 Å². The van der Waals surface area contributed by atoms with Crippen LogP contribution in [0, 0.1) is 5.92 Å². The van der Waals surface area contributed by atoms with Gasteiger partial charge in [0, 0.05) is 15.3 Å². The van der Waals surface area contributed by atoms with Gasteiger partial charge in [-0.1, -0.05) is 45.4 Å². The van der Waals surface area contributed by atoms with E-state index in [4.69, 9.17) is 4.52 Å². The highest BCUT2D eigenvalue weighted by Crippen LogP contribution is 2.42. The molecule has 0 N–H and O–H groups in total. The molecular weight excluding hydrogens is 191 g/mol. The lowest BCUT2D eigenvalue weighted by Gasteiger charge is -2.25. The maximum absolute atomic E-state index is 5.62. The Morgan fingerprint density at radius 2 is 1.93 bits per heavy atom. The summed E-state index contributed by atoms with van der Waals surface area (Å²) in [6, 6.07) is 0. The van der Waals surface area contributed by atoms with Gasteiger partial charge in [-0.05, 0) is 24.7 Å². The maximum atomic E-state index is 5.62. The number of hydrogen-bond donors (Lipinski definition) is 0. The molecule has 0 amide bonds. The summed E-state index contributed by atoms with van der Waals surface area (Å²) in [5.41, 5.74) is 0. The number of hydrogen-bond acceptors (Lipinski definition) is 1. The summed E-state index contributed by atoms with van der Waals surface area (Å²) in [4.78, 5) is 0. The Hall–Kier alpha value is 0.390. The fraction of sp³-hybridized carbons (Fsp3) is 1.00. The molecule has 1 unspecified atom stereocenters. The van der Waals surface area contributed by atoms with E-state index in [0.717, 1.165) is 5.92 Å².